The largest absolute Gasteiger partial charge is 0.369 e. The number of hydrogen-bond donors (Lipinski definition) is 1. The number of hydrogen-bond acceptors (Lipinski definition) is 3. The average molecular weight is 274 g/mol. The van der Waals surface area contributed by atoms with Crippen molar-refractivity contribution in [2.75, 3.05) is 5.75 Å². The van der Waals surface area contributed by atoms with Gasteiger partial charge in [0.1, 0.15) is 5.03 Å². The van der Waals surface area contributed by atoms with Crippen LogP contribution in [-0.4, -0.2) is 16.6 Å². The van der Waals surface area contributed by atoms with E-state index in [0.29, 0.717) is 0 Å². The van der Waals surface area contributed by atoms with Gasteiger partial charge in [0, 0.05) is 5.39 Å². The van der Waals surface area contributed by atoms with E-state index < -0.39 is 0 Å². The Morgan fingerprint density at radius 3 is 2.58 bits per heavy atom. The van der Waals surface area contributed by atoms with E-state index in [1.165, 1.54) is 28.5 Å². The van der Waals surface area contributed by atoms with Crippen LogP contribution in [0.3, 0.4) is 0 Å². The van der Waals surface area contributed by atoms with Gasteiger partial charge in [-0.2, -0.15) is 0 Å². The van der Waals surface area contributed by atoms with Crippen molar-refractivity contribution in [3.63, 3.8) is 0 Å². The third-order valence-electron chi connectivity index (χ3n) is 3.20. The summed E-state index contributed by atoms with van der Waals surface area (Å²) in [5, 5.41) is 2.07. The van der Waals surface area contributed by atoms with E-state index in [4.69, 9.17) is 5.73 Å². The molecule has 0 bridgehead atoms. The maximum Gasteiger partial charge on any atom is 0.227 e. The third-order valence-corrected chi connectivity index (χ3v) is 4.26. The maximum absolute atomic E-state index is 10.9. The summed E-state index contributed by atoms with van der Waals surface area (Å²) < 4.78 is 0. The molecular formula is C15H18N2OS. The molecule has 1 aromatic carbocycles. The molecule has 1 aromatic heterocycles. The minimum absolute atomic E-state index is 0.274. The highest BCUT2D eigenvalue weighted by atomic mass is 32.2. The molecule has 3 nitrogen and oxygen atoms in total. The Labute approximate surface area is 117 Å². The van der Waals surface area contributed by atoms with Crippen LogP contribution in [0.15, 0.2) is 23.2 Å². The van der Waals surface area contributed by atoms with Crippen LogP contribution in [0.2, 0.25) is 0 Å². The second kappa shape index (κ2) is 5.61. The molecule has 0 spiro atoms. The molecule has 0 aliphatic heterocycles. The molecule has 2 aromatic rings. The number of nitrogens with two attached hydrogens (primary N) is 1. The van der Waals surface area contributed by atoms with Gasteiger partial charge in [-0.25, -0.2) is 4.98 Å². The number of nitrogens with zero attached hydrogens (tertiary/aromatic N) is 1. The van der Waals surface area contributed by atoms with Gasteiger partial charge in [0.25, 0.3) is 0 Å². The van der Waals surface area contributed by atoms with Gasteiger partial charge in [-0.15, -0.1) is 0 Å². The summed E-state index contributed by atoms with van der Waals surface area (Å²) in [6, 6.07) is 6.43. The molecule has 0 atom stereocenters. The predicted molar refractivity (Wildman–Crippen MR) is 80.5 cm³/mol. The molecule has 1 heterocycles. The highest BCUT2D eigenvalue weighted by Gasteiger charge is 2.09. The van der Waals surface area contributed by atoms with E-state index in [2.05, 4.69) is 44.0 Å². The lowest BCUT2D eigenvalue weighted by Gasteiger charge is -2.10. The highest BCUT2D eigenvalue weighted by Crippen LogP contribution is 2.27. The second-order valence-corrected chi connectivity index (χ2v) is 5.65. The molecule has 0 radical (unpaired) electrons. The summed E-state index contributed by atoms with van der Waals surface area (Å²) in [6.45, 7) is 6.29. The third kappa shape index (κ3) is 3.07. The standard InChI is InChI=1S/C15H18N2OS/c1-4-11-7-12-5-9(2)10(3)6-13(12)17-15(11)19-8-14(16)18/h5-7H,4,8H2,1-3H3,(H2,16,18). The maximum atomic E-state index is 10.9. The fraction of sp³-hybridized carbons (Fsp3) is 0.333. The molecular weight excluding hydrogens is 256 g/mol. The molecule has 0 saturated heterocycles. The van der Waals surface area contributed by atoms with Gasteiger partial charge in [-0.3, -0.25) is 4.79 Å². The molecule has 0 fully saturated rings. The number of fused-ring (bicyclic) bond motifs is 1. The van der Waals surface area contributed by atoms with Crippen LogP contribution in [0.1, 0.15) is 23.6 Å². The van der Waals surface area contributed by atoms with Gasteiger partial charge >= 0.3 is 0 Å². The minimum Gasteiger partial charge on any atom is -0.369 e. The number of primary amides is 1. The van der Waals surface area contributed by atoms with Crippen molar-refractivity contribution < 1.29 is 4.79 Å². The average Bonchev–Trinajstić information content (AvgIpc) is 2.37. The van der Waals surface area contributed by atoms with Crippen molar-refractivity contribution in [2.45, 2.75) is 32.2 Å². The Kier molecular flexibility index (Phi) is 4.10. The van der Waals surface area contributed by atoms with Crippen LogP contribution in [0.5, 0.6) is 0 Å². The fourth-order valence-corrected chi connectivity index (χ4v) is 2.81. The molecule has 2 N–H and O–H groups in total. The van der Waals surface area contributed by atoms with Crippen LogP contribution in [0, 0.1) is 13.8 Å². The van der Waals surface area contributed by atoms with Crippen LogP contribution < -0.4 is 5.73 Å². The lowest BCUT2D eigenvalue weighted by molar-refractivity contribution is -0.115. The Morgan fingerprint density at radius 1 is 1.26 bits per heavy atom. The zero-order valence-corrected chi connectivity index (χ0v) is 12.3. The lowest BCUT2D eigenvalue weighted by Crippen LogP contribution is -2.13. The van der Waals surface area contributed by atoms with Crippen molar-refractivity contribution in [1.29, 1.82) is 0 Å². The highest BCUT2D eigenvalue weighted by molar-refractivity contribution is 7.99. The molecule has 2 rings (SSSR count). The molecule has 0 unspecified atom stereocenters. The van der Waals surface area contributed by atoms with Crippen LogP contribution in [0.25, 0.3) is 10.9 Å². The number of amides is 1. The van der Waals surface area contributed by atoms with Crippen LogP contribution >= 0.6 is 11.8 Å². The quantitative estimate of drug-likeness (QED) is 0.872. The first-order chi connectivity index (χ1) is 9.01. The number of aromatic nitrogens is 1. The smallest absolute Gasteiger partial charge is 0.227 e. The Morgan fingerprint density at radius 2 is 1.95 bits per heavy atom. The first-order valence-electron chi connectivity index (χ1n) is 6.33. The summed E-state index contributed by atoms with van der Waals surface area (Å²) in [7, 11) is 0. The topological polar surface area (TPSA) is 56.0 Å². The predicted octanol–water partition coefficient (Wildman–Crippen LogP) is 2.99. The SMILES string of the molecule is CCc1cc2cc(C)c(C)cc2nc1SCC(N)=O. The molecule has 100 valence electrons. The molecule has 4 heteroatoms. The molecule has 0 aliphatic carbocycles. The van der Waals surface area contributed by atoms with E-state index in [1.807, 2.05) is 0 Å². The van der Waals surface area contributed by atoms with E-state index in [-0.39, 0.29) is 11.7 Å². The molecule has 19 heavy (non-hydrogen) atoms. The summed E-state index contributed by atoms with van der Waals surface area (Å²) in [4.78, 5) is 15.6. The summed E-state index contributed by atoms with van der Waals surface area (Å²) >= 11 is 1.42. The van der Waals surface area contributed by atoms with Crippen molar-refractivity contribution >= 4 is 28.6 Å². The molecule has 0 saturated carbocycles. The number of thioether (sulfide) groups is 1. The first-order valence-corrected chi connectivity index (χ1v) is 7.31. The van der Waals surface area contributed by atoms with Gasteiger partial charge in [0.2, 0.25) is 5.91 Å². The van der Waals surface area contributed by atoms with Gasteiger partial charge < -0.3 is 5.73 Å². The summed E-state index contributed by atoms with van der Waals surface area (Å²) in [5.74, 6) is -0.0369. The van der Waals surface area contributed by atoms with Gasteiger partial charge in [0.05, 0.1) is 11.3 Å². The number of aryl methyl sites for hydroxylation is 3. The Balaban J connectivity index is 2.51. The van der Waals surface area contributed by atoms with E-state index in [9.17, 15) is 4.79 Å². The monoisotopic (exact) mass is 274 g/mol. The molecule has 0 aliphatic rings. The summed E-state index contributed by atoms with van der Waals surface area (Å²) in [5.41, 5.74) is 9.85. The van der Waals surface area contributed by atoms with Crippen LogP contribution in [0.4, 0.5) is 0 Å². The van der Waals surface area contributed by atoms with E-state index in [0.717, 1.165) is 22.3 Å². The van der Waals surface area contributed by atoms with Gasteiger partial charge in [-0.05, 0) is 55.2 Å². The molecule has 1 amide bonds. The van der Waals surface area contributed by atoms with Crippen molar-refractivity contribution in [2.24, 2.45) is 5.73 Å². The van der Waals surface area contributed by atoms with Crippen molar-refractivity contribution in [3.8, 4) is 0 Å². The van der Waals surface area contributed by atoms with Crippen molar-refractivity contribution in [3.05, 3.63) is 34.9 Å². The Hall–Kier alpha value is -1.55. The fourth-order valence-electron chi connectivity index (χ4n) is 1.98. The van der Waals surface area contributed by atoms with E-state index in [1.54, 1.807) is 0 Å². The number of carbonyl (C=O) groups excluding carboxylic acids is 1. The van der Waals surface area contributed by atoms with Gasteiger partial charge in [-0.1, -0.05) is 18.7 Å². The van der Waals surface area contributed by atoms with E-state index >= 15 is 0 Å². The number of carbonyl (C=O) groups is 1. The summed E-state index contributed by atoms with van der Waals surface area (Å²) in [6.07, 6.45) is 0.900. The van der Waals surface area contributed by atoms with Gasteiger partial charge in [0.15, 0.2) is 0 Å². The zero-order chi connectivity index (χ0) is 14.0. The number of benzene rings is 1. The zero-order valence-electron chi connectivity index (χ0n) is 11.5. The van der Waals surface area contributed by atoms with Crippen molar-refractivity contribution in [1.82, 2.24) is 4.98 Å². The number of rotatable bonds is 4. The Bertz CT molecular complexity index is 638. The second-order valence-electron chi connectivity index (χ2n) is 4.69. The minimum atomic E-state index is -0.311. The normalized spacial score (nSPS) is 10.9. The lowest BCUT2D eigenvalue weighted by atomic mass is 10.0. The first kappa shape index (κ1) is 13.9. The number of pyridine rings is 1. The van der Waals surface area contributed by atoms with Crippen LogP contribution in [-0.2, 0) is 11.2 Å².